The average Bonchev–Trinajstić information content (AvgIpc) is 2.46. The number of nitrogens with one attached hydrogen (secondary N) is 1. The molecule has 1 unspecified atom stereocenters. The Morgan fingerprint density at radius 1 is 1.30 bits per heavy atom. The summed E-state index contributed by atoms with van der Waals surface area (Å²) in [4.78, 5) is 0.176. The summed E-state index contributed by atoms with van der Waals surface area (Å²) in [6, 6.07) is 5.10. The maximum Gasteiger partial charge on any atom is 0.243 e. The van der Waals surface area contributed by atoms with Crippen LogP contribution in [-0.2, 0) is 10.0 Å². The zero-order valence-electron chi connectivity index (χ0n) is 11.7. The molecule has 0 amide bonds. The van der Waals surface area contributed by atoms with Gasteiger partial charge in [0.25, 0.3) is 0 Å². The number of hydrogen-bond acceptors (Lipinski definition) is 3. The van der Waals surface area contributed by atoms with Crippen molar-refractivity contribution in [1.82, 2.24) is 9.62 Å². The Bertz CT molecular complexity index is 531. The van der Waals surface area contributed by atoms with Gasteiger partial charge in [0.05, 0.1) is 4.90 Å². The Morgan fingerprint density at radius 3 is 2.65 bits per heavy atom. The van der Waals surface area contributed by atoms with Gasteiger partial charge in [0.15, 0.2) is 0 Å². The largest absolute Gasteiger partial charge is 0.320 e. The van der Waals surface area contributed by atoms with Crippen LogP contribution in [0.4, 0.5) is 4.39 Å². The minimum atomic E-state index is -3.52. The normalized spacial score (nSPS) is 21.0. The Morgan fingerprint density at radius 2 is 2.00 bits per heavy atom. The maximum atomic E-state index is 12.9. The van der Waals surface area contributed by atoms with E-state index in [1.54, 1.807) is 4.31 Å². The molecule has 1 N–H and O–H groups in total. The summed E-state index contributed by atoms with van der Waals surface area (Å²) in [7, 11) is -1.66. The average molecular weight is 300 g/mol. The van der Waals surface area contributed by atoms with Crippen LogP contribution in [0.15, 0.2) is 29.2 Å². The first-order valence-electron chi connectivity index (χ1n) is 6.97. The Balaban J connectivity index is 2.23. The monoisotopic (exact) mass is 300 g/mol. The summed E-state index contributed by atoms with van der Waals surface area (Å²) in [6.45, 7) is 1.34. The lowest BCUT2D eigenvalue weighted by Crippen LogP contribution is -2.44. The molecule has 0 spiro atoms. The highest BCUT2D eigenvalue weighted by Gasteiger charge is 2.32. The van der Waals surface area contributed by atoms with E-state index < -0.39 is 15.8 Å². The van der Waals surface area contributed by atoms with E-state index in [4.69, 9.17) is 0 Å². The third kappa shape index (κ3) is 3.37. The van der Waals surface area contributed by atoms with Gasteiger partial charge in [0.2, 0.25) is 10.0 Å². The van der Waals surface area contributed by atoms with Crippen molar-refractivity contribution in [2.24, 2.45) is 0 Å². The van der Waals surface area contributed by atoms with Gasteiger partial charge in [-0.15, -0.1) is 0 Å². The van der Waals surface area contributed by atoms with Crippen LogP contribution in [0.3, 0.4) is 0 Å². The topological polar surface area (TPSA) is 49.4 Å². The molecule has 0 aromatic heterocycles. The number of nitrogens with zero attached hydrogens (tertiary/aromatic N) is 1. The molecule has 6 heteroatoms. The fourth-order valence-electron chi connectivity index (χ4n) is 2.63. The summed E-state index contributed by atoms with van der Waals surface area (Å²) in [5, 5.41) is 3.06. The predicted molar refractivity (Wildman–Crippen MR) is 76.5 cm³/mol. The lowest BCUT2D eigenvalue weighted by atomic mass is 10.0. The number of rotatable bonds is 5. The van der Waals surface area contributed by atoms with Crippen molar-refractivity contribution in [3.63, 3.8) is 0 Å². The van der Waals surface area contributed by atoms with Crippen molar-refractivity contribution in [2.45, 2.75) is 36.6 Å². The Kier molecular flexibility index (Phi) is 5.12. The molecule has 1 aromatic carbocycles. The Labute approximate surface area is 120 Å². The molecule has 112 valence electrons. The van der Waals surface area contributed by atoms with Crippen molar-refractivity contribution in [2.75, 3.05) is 20.1 Å². The highest BCUT2D eigenvalue weighted by atomic mass is 32.2. The van der Waals surface area contributed by atoms with Gasteiger partial charge in [0, 0.05) is 12.6 Å². The third-order valence-corrected chi connectivity index (χ3v) is 5.69. The molecule has 20 heavy (non-hydrogen) atoms. The molecule has 1 aliphatic heterocycles. The van der Waals surface area contributed by atoms with E-state index in [1.807, 2.05) is 7.05 Å². The molecule has 4 nitrogen and oxygen atoms in total. The maximum absolute atomic E-state index is 12.9. The Hall–Kier alpha value is -0.980. The molecule has 2 rings (SSSR count). The van der Waals surface area contributed by atoms with E-state index >= 15 is 0 Å². The third-order valence-electron chi connectivity index (χ3n) is 3.72. The molecule has 1 fully saturated rings. The molecule has 1 atom stereocenters. The number of sulfonamides is 1. The van der Waals surface area contributed by atoms with Crippen LogP contribution < -0.4 is 5.32 Å². The van der Waals surface area contributed by atoms with E-state index in [-0.39, 0.29) is 10.9 Å². The minimum absolute atomic E-state index is 0.0336. The SMILES string of the molecule is CNCCC1CCCCN1S(=O)(=O)c1ccc(F)cc1. The van der Waals surface area contributed by atoms with Gasteiger partial charge in [0.1, 0.15) is 5.82 Å². The van der Waals surface area contributed by atoms with Gasteiger partial charge >= 0.3 is 0 Å². The van der Waals surface area contributed by atoms with Gasteiger partial charge in [-0.3, -0.25) is 0 Å². The van der Waals surface area contributed by atoms with E-state index in [9.17, 15) is 12.8 Å². The minimum Gasteiger partial charge on any atom is -0.320 e. The summed E-state index contributed by atoms with van der Waals surface area (Å²) in [5.41, 5.74) is 0. The second-order valence-electron chi connectivity index (χ2n) is 5.11. The van der Waals surface area contributed by atoms with Crippen LogP contribution in [0.25, 0.3) is 0 Å². The summed E-state index contributed by atoms with van der Waals surface area (Å²) in [6.07, 6.45) is 3.64. The van der Waals surface area contributed by atoms with Crippen molar-refractivity contribution in [1.29, 1.82) is 0 Å². The molecule has 1 aromatic rings. The van der Waals surface area contributed by atoms with E-state index in [0.717, 1.165) is 32.2 Å². The van der Waals surface area contributed by atoms with Crippen molar-refractivity contribution < 1.29 is 12.8 Å². The first-order valence-corrected chi connectivity index (χ1v) is 8.41. The number of hydrogen-bond donors (Lipinski definition) is 1. The first kappa shape index (κ1) is 15.4. The zero-order chi connectivity index (χ0) is 14.6. The first-order chi connectivity index (χ1) is 9.55. The smallest absolute Gasteiger partial charge is 0.243 e. The van der Waals surface area contributed by atoms with Crippen molar-refractivity contribution in [3.05, 3.63) is 30.1 Å². The van der Waals surface area contributed by atoms with E-state index in [2.05, 4.69) is 5.32 Å². The van der Waals surface area contributed by atoms with Gasteiger partial charge in [-0.1, -0.05) is 6.42 Å². The lowest BCUT2D eigenvalue weighted by molar-refractivity contribution is 0.240. The van der Waals surface area contributed by atoms with Crippen LogP contribution in [0, 0.1) is 5.82 Å². The lowest BCUT2D eigenvalue weighted by Gasteiger charge is -2.34. The number of piperidine rings is 1. The number of benzene rings is 1. The van der Waals surface area contributed by atoms with Crippen LogP contribution in [0.1, 0.15) is 25.7 Å². The van der Waals surface area contributed by atoms with Gasteiger partial charge in [-0.05, 0) is 57.1 Å². The summed E-state index contributed by atoms with van der Waals surface area (Å²) < 4.78 is 39.8. The van der Waals surface area contributed by atoms with Crippen LogP contribution in [-0.4, -0.2) is 38.9 Å². The zero-order valence-corrected chi connectivity index (χ0v) is 12.5. The van der Waals surface area contributed by atoms with Crippen molar-refractivity contribution in [3.8, 4) is 0 Å². The molecule has 1 saturated heterocycles. The molecular formula is C14H21FN2O2S. The quantitative estimate of drug-likeness (QED) is 0.904. The summed E-state index contributed by atoms with van der Waals surface area (Å²) >= 11 is 0. The van der Waals surface area contributed by atoms with Crippen LogP contribution in [0.5, 0.6) is 0 Å². The second-order valence-corrected chi connectivity index (χ2v) is 7.00. The molecule has 0 aliphatic carbocycles. The molecular weight excluding hydrogens is 279 g/mol. The molecule has 0 radical (unpaired) electrons. The highest BCUT2D eigenvalue weighted by Crippen LogP contribution is 2.26. The second kappa shape index (κ2) is 6.65. The molecule has 0 bridgehead atoms. The number of halogens is 1. The van der Waals surface area contributed by atoms with Crippen molar-refractivity contribution >= 4 is 10.0 Å². The van der Waals surface area contributed by atoms with E-state index in [0.29, 0.717) is 6.54 Å². The summed E-state index contributed by atoms with van der Waals surface area (Å²) in [5.74, 6) is -0.422. The molecule has 1 heterocycles. The van der Waals surface area contributed by atoms with Crippen LogP contribution in [0.2, 0.25) is 0 Å². The van der Waals surface area contributed by atoms with Gasteiger partial charge < -0.3 is 5.32 Å². The van der Waals surface area contributed by atoms with E-state index in [1.165, 1.54) is 24.3 Å². The molecule has 1 aliphatic rings. The highest BCUT2D eigenvalue weighted by molar-refractivity contribution is 7.89. The van der Waals surface area contributed by atoms with Gasteiger partial charge in [-0.2, -0.15) is 4.31 Å². The van der Waals surface area contributed by atoms with Crippen LogP contribution >= 0.6 is 0 Å². The fourth-order valence-corrected chi connectivity index (χ4v) is 4.36. The van der Waals surface area contributed by atoms with Gasteiger partial charge in [-0.25, -0.2) is 12.8 Å². The standard InChI is InChI=1S/C14H21FN2O2S/c1-16-10-9-13-4-2-3-11-17(13)20(18,19)14-7-5-12(15)6-8-14/h5-8,13,16H,2-4,9-11H2,1H3. The fraction of sp³-hybridized carbons (Fsp3) is 0.571. The predicted octanol–water partition coefficient (Wildman–Crippen LogP) is 1.98. The molecule has 0 saturated carbocycles.